The number of ether oxygens (including phenoxy) is 1. The van der Waals surface area contributed by atoms with Gasteiger partial charge in [-0.1, -0.05) is 30.3 Å². The first-order valence-corrected chi connectivity index (χ1v) is 8.14. The largest absolute Gasteiger partial charge is 0.439 e. The Balaban J connectivity index is 1.50. The van der Waals surface area contributed by atoms with E-state index in [1.807, 2.05) is 53.9 Å². The average molecular weight is 324 g/mol. The third-order valence-electron chi connectivity index (χ3n) is 3.17. The summed E-state index contributed by atoms with van der Waals surface area (Å²) in [6.07, 6.45) is 2.13. The molecule has 0 aliphatic rings. The number of nitrogens with one attached hydrogen (secondary N) is 1. The molecule has 0 spiro atoms. The molecule has 0 saturated heterocycles. The first-order chi connectivity index (χ1) is 11.3. The van der Waals surface area contributed by atoms with E-state index in [4.69, 9.17) is 4.74 Å². The summed E-state index contributed by atoms with van der Waals surface area (Å²) in [7, 11) is 0. The van der Waals surface area contributed by atoms with Crippen LogP contribution in [0.25, 0.3) is 0 Å². The van der Waals surface area contributed by atoms with Crippen molar-refractivity contribution in [3.8, 4) is 11.6 Å². The minimum atomic E-state index is 0.0112. The van der Waals surface area contributed by atoms with Gasteiger partial charge in [-0.25, -0.2) is 4.98 Å². The predicted octanol–water partition coefficient (Wildman–Crippen LogP) is 3.79. The topological polar surface area (TPSA) is 51.2 Å². The fourth-order valence-electron chi connectivity index (χ4n) is 2.02. The Morgan fingerprint density at radius 3 is 2.65 bits per heavy atom. The lowest BCUT2D eigenvalue weighted by Gasteiger charge is -2.07. The first-order valence-electron chi connectivity index (χ1n) is 7.26. The maximum atomic E-state index is 11.8. The molecule has 23 heavy (non-hydrogen) atoms. The molecule has 3 aromatic rings. The van der Waals surface area contributed by atoms with Crippen LogP contribution in [0.15, 0.2) is 66.2 Å². The number of amides is 1. The second kappa shape index (κ2) is 7.56. The van der Waals surface area contributed by atoms with Gasteiger partial charge in [0.2, 0.25) is 11.8 Å². The SMILES string of the molecule is O=C(Cc1cccs1)NCc1ccc(Oc2ccccc2)nc1. The van der Waals surface area contributed by atoms with Gasteiger partial charge >= 0.3 is 0 Å². The second-order valence-corrected chi connectivity index (χ2v) is 5.98. The molecule has 4 nitrogen and oxygen atoms in total. The number of benzene rings is 1. The van der Waals surface area contributed by atoms with Gasteiger partial charge in [-0.15, -0.1) is 11.3 Å². The van der Waals surface area contributed by atoms with E-state index >= 15 is 0 Å². The number of para-hydroxylation sites is 1. The summed E-state index contributed by atoms with van der Waals surface area (Å²) in [5, 5.41) is 4.86. The molecule has 2 aromatic heterocycles. The molecule has 0 unspecified atom stereocenters. The first kappa shape index (κ1) is 15.2. The van der Waals surface area contributed by atoms with Crippen molar-refractivity contribution < 1.29 is 9.53 Å². The Hall–Kier alpha value is -2.66. The highest BCUT2D eigenvalue weighted by Gasteiger charge is 2.05. The van der Waals surface area contributed by atoms with Crippen molar-refractivity contribution in [3.63, 3.8) is 0 Å². The summed E-state index contributed by atoms with van der Waals surface area (Å²) in [4.78, 5) is 17.2. The van der Waals surface area contributed by atoms with Crippen LogP contribution in [0.1, 0.15) is 10.4 Å². The third-order valence-corrected chi connectivity index (χ3v) is 4.04. The Kier molecular flexibility index (Phi) is 5.01. The van der Waals surface area contributed by atoms with Gasteiger partial charge in [-0.05, 0) is 29.1 Å². The highest BCUT2D eigenvalue weighted by atomic mass is 32.1. The van der Waals surface area contributed by atoms with Crippen molar-refractivity contribution in [2.24, 2.45) is 0 Å². The Morgan fingerprint density at radius 2 is 1.96 bits per heavy atom. The fraction of sp³-hybridized carbons (Fsp3) is 0.111. The van der Waals surface area contributed by atoms with Crippen LogP contribution < -0.4 is 10.1 Å². The molecule has 3 rings (SSSR count). The summed E-state index contributed by atoms with van der Waals surface area (Å²) in [5.74, 6) is 1.29. The quantitative estimate of drug-likeness (QED) is 0.750. The number of hydrogen-bond donors (Lipinski definition) is 1. The Bertz CT molecular complexity index is 740. The second-order valence-electron chi connectivity index (χ2n) is 4.95. The summed E-state index contributed by atoms with van der Waals surface area (Å²) in [6, 6.07) is 17.1. The molecule has 0 atom stereocenters. The van der Waals surface area contributed by atoms with Crippen LogP contribution in [0, 0.1) is 0 Å². The number of pyridine rings is 1. The highest BCUT2D eigenvalue weighted by molar-refractivity contribution is 7.10. The zero-order valence-corrected chi connectivity index (χ0v) is 13.3. The molecule has 0 saturated carbocycles. The van der Waals surface area contributed by atoms with Gasteiger partial charge in [0.15, 0.2) is 0 Å². The van der Waals surface area contributed by atoms with Gasteiger partial charge < -0.3 is 10.1 Å². The molecule has 1 N–H and O–H groups in total. The van der Waals surface area contributed by atoms with Crippen LogP contribution in [-0.2, 0) is 17.8 Å². The summed E-state index contributed by atoms with van der Waals surface area (Å²) in [5.41, 5.74) is 0.935. The normalized spacial score (nSPS) is 10.3. The van der Waals surface area contributed by atoms with Crippen LogP contribution >= 0.6 is 11.3 Å². The van der Waals surface area contributed by atoms with Crippen LogP contribution in [0.4, 0.5) is 0 Å². The number of rotatable bonds is 6. The summed E-state index contributed by atoms with van der Waals surface area (Å²) >= 11 is 1.59. The van der Waals surface area contributed by atoms with E-state index in [1.165, 1.54) is 0 Å². The molecule has 0 aliphatic heterocycles. The van der Waals surface area contributed by atoms with E-state index in [0.717, 1.165) is 16.2 Å². The van der Waals surface area contributed by atoms with Crippen molar-refractivity contribution in [2.75, 3.05) is 0 Å². The maximum Gasteiger partial charge on any atom is 0.225 e. The molecule has 0 bridgehead atoms. The monoisotopic (exact) mass is 324 g/mol. The lowest BCUT2D eigenvalue weighted by Crippen LogP contribution is -2.24. The zero-order chi connectivity index (χ0) is 15.9. The molecule has 0 aliphatic carbocycles. The van der Waals surface area contributed by atoms with Gasteiger partial charge in [-0.3, -0.25) is 4.79 Å². The molecule has 116 valence electrons. The van der Waals surface area contributed by atoms with Crippen molar-refractivity contribution in [1.29, 1.82) is 0 Å². The van der Waals surface area contributed by atoms with E-state index in [-0.39, 0.29) is 5.91 Å². The van der Waals surface area contributed by atoms with Gasteiger partial charge in [-0.2, -0.15) is 0 Å². The average Bonchev–Trinajstić information content (AvgIpc) is 3.08. The Morgan fingerprint density at radius 1 is 1.09 bits per heavy atom. The minimum absolute atomic E-state index is 0.0112. The van der Waals surface area contributed by atoms with E-state index < -0.39 is 0 Å². The molecule has 0 fully saturated rings. The van der Waals surface area contributed by atoms with Crippen molar-refractivity contribution in [1.82, 2.24) is 10.3 Å². The molecule has 0 radical (unpaired) electrons. The number of aromatic nitrogens is 1. The van der Waals surface area contributed by atoms with E-state index in [1.54, 1.807) is 23.6 Å². The van der Waals surface area contributed by atoms with Crippen molar-refractivity contribution >= 4 is 17.2 Å². The van der Waals surface area contributed by atoms with E-state index in [2.05, 4.69) is 10.3 Å². The summed E-state index contributed by atoms with van der Waals surface area (Å²) in [6.45, 7) is 0.461. The van der Waals surface area contributed by atoms with Crippen LogP contribution in [0.5, 0.6) is 11.6 Å². The number of carbonyl (C=O) groups excluding carboxylic acids is 1. The van der Waals surface area contributed by atoms with Gasteiger partial charge in [0.05, 0.1) is 6.42 Å². The molecular formula is C18H16N2O2S. The van der Waals surface area contributed by atoms with Crippen LogP contribution in [0.3, 0.4) is 0 Å². The van der Waals surface area contributed by atoms with Gasteiger partial charge in [0.25, 0.3) is 0 Å². The Labute approximate surface area is 138 Å². The third kappa shape index (κ3) is 4.66. The van der Waals surface area contributed by atoms with Crippen molar-refractivity contribution in [3.05, 3.63) is 76.6 Å². The standard InChI is InChI=1S/C18H16N2O2S/c21-17(11-16-7-4-10-23-16)19-12-14-8-9-18(20-13-14)22-15-5-2-1-3-6-15/h1-10,13H,11-12H2,(H,19,21). The molecule has 5 heteroatoms. The van der Waals surface area contributed by atoms with E-state index in [9.17, 15) is 4.79 Å². The highest BCUT2D eigenvalue weighted by Crippen LogP contribution is 2.18. The molecule has 2 heterocycles. The van der Waals surface area contributed by atoms with Crippen molar-refractivity contribution in [2.45, 2.75) is 13.0 Å². The fourth-order valence-corrected chi connectivity index (χ4v) is 2.72. The maximum absolute atomic E-state index is 11.8. The minimum Gasteiger partial charge on any atom is -0.439 e. The number of thiophene rings is 1. The van der Waals surface area contributed by atoms with Gasteiger partial charge in [0.1, 0.15) is 5.75 Å². The lowest BCUT2D eigenvalue weighted by molar-refractivity contribution is -0.120. The number of hydrogen-bond acceptors (Lipinski definition) is 4. The summed E-state index contributed by atoms with van der Waals surface area (Å²) < 4.78 is 5.63. The van der Waals surface area contributed by atoms with Crippen LogP contribution in [0.2, 0.25) is 0 Å². The number of carbonyl (C=O) groups is 1. The smallest absolute Gasteiger partial charge is 0.225 e. The molecule has 1 amide bonds. The van der Waals surface area contributed by atoms with Crippen LogP contribution in [-0.4, -0.2) is 10.9 Å². The molecular weight excluding hydrogens is 308 g/mol. The van der Waals surface area contributed by atoms with E-state index in [0.29, 0.717) is 18.8 Å². The molecule has 1 aromatic carbocycles. The predicted molar refractivity (Wildman–Crippen MR) is 90.6 cm³/mol. The van der Waals surface area contributed by atoms with Gasteiger partial charge in [0, 0.05) is 23.7 Å². The lowest BCUT2D eigenvalue weighted by atomic mass is 10.2. The zero-order valence-electron chi connectivity index (χ0n) is 12.4. The number of nitrogens with zero attached hydrogens (tertiary/aromatic N) is 1.